The van der Waals surface area contributed by atoms with Crippen LogP contribution in [0.1, 0.15) is 42.7 Å². The summed E-state index contributed by atoms with van der Waals surface area (Å²) in [6, 6.07) is 0. The van der Waals surface area contributed by atoms with Crippen LogP contribution >= 0.6 is 15.9 Å². The van der Waals surface area contributed by atoms with Crippen molar-refractivity contribution in [1.29, 1.82) is 0 Å². The molecule has 6 heteroatoms. The first-order valence-corrected chi connectivity index (χ1v) is 7.47. The highest BCUT2D eigenvalue weighted by molar-refractivity contribution is 9.10. The third-order valence-corrected chi connectivity index (χ3v) is 4.30. The molecule has 0 aliphatic heterocycles. The van der Waals surface area contributed by atoms with Crippen LogP contribution < -0.4 is 5.32 Å². The molecule has 2 heterocycles. The molecule has 0 aromatic carbocycles. The normalized spacial score (nSPS) is 11.3. The molecule has 2 aromatic heterocycles. The van der Waals surface area contributed by atoms with E-state index in [1.165, 1.54) is 0 Å². The Kier molecular flexibility index (Phi) is 4.55. The molecule has 0 saturated carbocycles. The van der Waals surface area contributed by atoms with E-state index in [-0.39, 0.29) is 0 Å². The van der Waals surface area contributed by atoms with E-state index < -0.39 is 0 Å². The maximum Gasteiger partial charge on any atom is 0.131 e. The summed E-state index contributed by atoms with van der Waals surface area (Å²) in [6.07, 6.45) is 1.86. The molecule has 1 N–H and O–H groups in total. The van der Waals surface area contributed by atoms with Crippen LogP contribution in [-0.4, -0.2) is 26.8 Å². The lowest BCUT2D eigenvalue weighted by atomic mass is 10.2. The molecule has 5 nitrogen and oxygen atoms in total. The lowest BCUT2D eigenvalue weighted by Gasteiger charge is -2.12. The number of hydrogen-bond acceptors (Lipinski definition) is 4. The molecule has 0 atom stereocenters. The fourth-order valence-electron chi connectivity index (χ4n) is 2.04. The van der Waals surface area contributed by atoms with Crippen molar-refractivity contribution in [2.45, 2.75) is 40.2 Å². The fourth-order valence-corrected chi connectivity index (χ4v) is 2.28. The van der Waals surface area contributed by atoms with Crippen LogP contribution in [0.4, 0.5) is 0 Å². The van der Waals surface area contributed by atoms with Gasteiger partial charge in [-0.3, -0.25) is 0 Å². The van der Waals surface area contributed by atoms with Gasteiger partial charge in [0, 0.05) is 12.5 Å². The van der Waals surface area contributed by atoms with Crippen LogP contribution in [0, 0.1) is 13.8 Å². The van der Waals surface area contributed by atoms with Gasteiger partial charge in [0.15, 0.2) is 0 Å². The van der Waals surface area contributed by atoms with Crippen molar-refractivity contribution in [3.05, 3.63) is 33.6 Å². The van der Waals surface area contributed by atoms with E-state index in [4.69, 9.17) is 0 Å². The van der Waals surface area contributed by atoms with Crippen LogP contribution in [0.3, 0.4) is 0 Å². The first kappa shape index (κ1) is 15.1. The predicted octanol–water partition coefficient (Wildman–Crippen LogP) is 2.88. The van der Waals surface area contributed by atoms with Gasteiger partial charge in [0.05, 0.1) is 27.8 Å². The SMILES string of the molecule is CNCc1nc(C(C)C)ncc1-n1nc(C)c(Br)c1C. The van der Waals surface area contributed by atoms with E-state index in [2.05, 4.69) is 50.2 Å². The summed E-state index contributed by atoms with van der Waals surface area (Å²) in [5.74, 6) is 1.17. The van der Waals surface area contributed by atoms with Crippen molar-refractivity contribution < 1.29 is 0 Å². The van der Waals surface area contributed by atoms with Gasteiger partial charge in [0.2, 0.25) is 0 Å². The Bertz CT molecular complexity index is 618. The molecule has 0 fully saturated rings. The van der Waals surface area contributed by atoms with Crippen LogP contribution in [0.15, 0.2) is 10.7 Å². The van der Waals surface area contributed by atoms with E-state index >= 15 is 0 Å². The molecular weight excluding hydrogens is 318 g/mol. The summed E-state index contributed by atoms with van der Waals surface area (Å²) in [4.78, 5) is 9.13. The molecule has 20 heavy (non-hydrogen) atoms. The Morgan fingerprint density at radius 3 is 2.55 bits per heavy atom. The van der Waals surface area contributed by atoms with Gasteiger partial charge in [-0.2, -0.15) is 5.10 Å². The summed E-state index contributed by atoms with van der Waals surface area (Å²) >= 11 is 3.56. The van der Waals surface area contributed by atoms with E-state index in [1.54, 1.807) is 0 Å². The Morgan fingerprint density at radius 2 is 2.05 bits per heavy atom. The predicted molar refractivity (Wildman–Crippen MR) is 83.2 cm³/mol. The quantitative estimate of drug-likeness (QED) is 0.931. The average Bonchev–Trinajstić information content (AvgIpc) is 2.67. The highest BCUT2D eigenvalue weighted by Crippen LogP contribution is 2.24. The Labute approximate surface area is 128 Å². The summed E-state index contributed by atoms with van der Waals surface area (Å²) in [6.45, 7) is 8.89. The van der Waals surface area contributed by atoms with Gasteiger partial charge in [-0.25, -0.2) is 14.6 Å². The van der Waals surface area contributed by atoms with Crippen molar-refractivity contribution in [2.24, 2.45) is 0 Å². The summed E-state index contributed by atoms with van der Waals surface area (Å²) in [5, 5.41) is 7.72. The summed E-state index contributed by atoms with van der Waals surface area (Å²) in [5.41, 5.74) is 3.91. The van der Waals surface area contributed by atoms with Gasteiger partial charge >= 0.3 is 0 Å². The molecule has 0 unspecified atom stereocenters. The Balaban J connectivity index is 2.57. The van der Waals surface area contributed by atoms with Crippen LogP contribution in [-0.2, 0) is 6.54 Å². The summed E-state index contributed by atoms with van der Waals surface area (Å²) in [7, 11) is 1.91. The average molecular weight is 338 g/mol. The molecular formula is C14H20BrN5. The molecule has 2 rings (SSSR count). The molecule has 0 aliphatic carbocycles. The van der Waals surface area contributed by atoms with Crippen LogP contribution in [0.25, 0.3) is 5.69 Å². The Morgan fingerprint density at radius 1 is 1.35 bits per heavy atom. The monoisotopic (exact) mass is 337 g/mol. The minimum atomic E-state index is 0.312. The van der Waals surface area contributed by atoms with Gasteiger partial charge in [-0.05, 0) is 36.8 Å². The van der Waals surface area contributed by atoms with Gasteiger partial charge in [0.25, 0.3) is 0 Å². The summed E-state index contributed by atoms with van der Waals surface area (Å²) < 4.78 is 2.93. The second kappa shape index (κ2) is 6.01. The maximum absolute atomic E-state index is 4.67. The lowest BCUT2D eigenvalue weighted by molar-refractivity contribution is 0.702. The fraction of sp³-hybridized carbons (Fsp3) is 0.500. The first-order chi connectivity index (χ1) is 9.45. The molecule has 0 spiro atoms. The second-order valence-corrected chi connectivity index (χ2v) is 5.93. The standard InChI is InChI=1S/C14H20BrN5/c1-8(2)14-17-7-12(11(18-14)6-16-5)20-10(4)13(15)9(3)19-20/h7-8,16H,6H2,1-5H3. The highest BCUT2D eigenvalue weighted by Gasteiger charge is 2.16. The third-order valence-electron chi connectivity index (χ3n) is 3.16. The van der Waals surface area contributed by atoms with E-state index in [0.717, 1.165) is 33.1 Å². The number of nitrogens with one attached hydrogen (secondary N) is 1. The second-order valence-electron chi connectivity index (χ2n) is 5.14. The number of halogens is 1. The van der Waals surface area contributed by atoms with Crippen molar-refractivity contribution >= 4 is 15.9 Å². The number of hydrogen-bond donors (Lipinski definition) is 1. The number of nitrogens with zero attached hydrogens (tertiary/aromatic N) is 4. The zero-order valence-corrected chi connectivity index (χ0v) is 14.1. The topological polar surface area (TPSA) is 55.6 Å². The van der Waals surface area contributed by atoms with E-state index in [1.807, 2.05) is 31.8 Å². The van der Waals surface area contributed by atoms with Gasteiger partial charge < -0.3 is 5.32 Å². The number of rotatable bonds is 4. The van der Waals surface area contributed by atoms with Crippen molar-refractivity contribution in [1.82, 2.24) is 25.1 Å². The minimum absolute atomic E-state index is 0.312. The Hall–Kier alpha value is -1.27. The lowest BCUT2D eigenvalue weighted by Crippen LogP contribution is -2.15. The molecule has 0 saturated heterocycles. The largest absolute Gasteiger partial charge is 0.314 e. The molecule has 0 aliphatic rings. The van der Waals surface area contributed by atoms with Gasteiger partial charge in [0.1, 0.15) is 11.5 Å². The zero-order chi connectivity index (χ0) is 14.9. The number of aryl methyl sites for hydroxylation is 1. The van der Waals surface area contributed by atoms with Gasteiger partial charge in [-0.1, -0.05) is 13.8 Å². The highest BCUT2D eigenvalue weighted by atomic mass is 79.9. The molecule has 0 bridgehead atoms. The van der Waals surface area contributed by atoms with Crippen molar-refractivity contribution in [3.63, 3.8) is 0 Å². The minimum Gasteiger partial charge on any atom is -0.314 e. The smallest absolute Gasteiger partial charge is 0.131 e. The van der Waals surface area contributed by atoms with Crippen molar-refractivity contribution in [2.75, 3.05) is 7.05 Å². The molecule has 0 radical (unpaired) electrons. The van der Waals surface area contributed by atoms with Crippen molar-refractivity contribution in [3.8, 4) is 5.69 Å². The van der Waals surface area contributed by atoms with Crippen LogP contribution in [0.5, 0.6) is 0 Å². The molecule has 0 amide bonds. The third kappa shape index (κ3) is 2.76. The van der Waals surface area contributed by atoms with E-state index in [9.17, 15) is 0 Å². The number of aromatic nitrogens is 4. The van der Waals surface area contributed by atoms with Gasteiger partial charge in [-0.15, -0.1) is 0 Å². The maximum atomic E-state index is 4.67. The van der Waals surface area contributed by atoms with E-state index in [0.29, 0.717) is 12.5 Å². The molecule has 108 valence electrons. The first-order valence-electron chi connectivity index (χ1n) is 6.68. The zero-order valence-electron chi connectivity index (χ0n) is 12.5. The molecule has 2 aromatic rings. The van der Waals surface area contributed by atoms with Crippen LogP contribution in [0.2, 0.25) is 0 Å².